The molecule has 0 aliphatic carbocycles. The number of rotatable bonds is 4. The van der Waals surface area contributed by atoms with Crippen LogP contribution in [-0.4, -0.2) is 30.4 Å². The molecule has 5 nitrogen and oxygen atoms in total. The van der Waals surface area contributed by atoms with E-state index in [9.17, 15) is 13.2 Å². The van der Waals surface area contributed by atoms with Crippen molar-refractivity contribution in [1.82, 2.24) is 8.87 Å². The van der Waals surface area contributed by atoms with Crippen molar-refractivity contribution in [3.05, 3.63) is 64.1 Å². The van der Waals surface area contributed by atoms with Crippen LogP contribution in [0.15, 0.2) is 52.3 Å². The van der Waals surface area contributed by atoms with Gasteiger partial charge in [0.25, 0.3) is 5.56 Å². The quantitative estimate of drug-likeness (QED) is 0.860. The fourth-order valence-corrected chi connectivity index (χ4v) is 4.40. The largest absolute Gasteiger partial charge is 0.310 e. The first kappa shape index (κ1) is 16.0. The highest BCUT2D eigenvalue weighted by atomic mass is 32.2. The van der Waals surface area contributed by atoms with E-state index in [0.29, 0.717) is 19.6 Å². The molecule has 0 N–H and O–H groups in total. The molecule has 0 bridgehead atoms. The molecule has 0 radical (unpaired) electrons. The van der Waals surface area contributed by atoms with Gasteiger partial charge in [-0.2, -0.15) is 4.31 Å². The van der Waals surface area contributed by atoms with Crippen molar-refractivity contribution in [3.63, 3.8) is 0 Å². The molecule has 1 aromatic carbocycles. The lowest BCUT2D eigenvalue weighted by molar-refractivity contribution is 0.475. The lowest BCUT2D eigenvalue weighted by atomic mass is 10.1. The highest BCUT2D eigenvalue weighted by Crippen LogP contribution is 2.18. The van der Waals surface area contributed by atoms with Crippen molar-refractivity contribution in [3.8, 4) is 0 Å². The predicted molar refractivity (Wildman–Crippen MR) is 89.0 cm³/mol. The van der Waals surface area contributed by atoms with Gasteiger partial charge in [0.2, 0.25) is 10.0 Å². The minimum atomic E-state index is -3.69. The van der Waals surface area contributed by atoms with Crippen LogP contribution in [0.25, 0.3) is 0 Å². The summed E-state index contributed by atoms with van der Waals surface area (Å²) in [6.07, 6.45) is 3.33. The van der Waals surface area contributed by atoms with Gasteiger partial charge in [0.05, 0.1) is 6.54 Å². The van der Waals surface area contributed by atoms with Crippen LogP contribution >= 0.6 is 0 Å². The Kier molecular flexibility index (Phi) is 4.37. The standard InChI is InChI=1S/C17H20N2O3S/c1-14-6-8-15(9-7-14)13-18-10-4-5-16(17(18)20)23(21,22)19-11-2-3-12-19/h4-10H,2-3,11-13H2,1H3. The Balaban J connectivity index is 1.95. The third kappa shape index (κ3) is 3.23. The predicted octanol–water partition coefficient (Wildman–Crippen LogP) is 1.99. The van der Waals surface area contributed by atoms with Gasteiger partial charge in [0, 0.05) is 19.3 Å². The van der Waals surface area contributed by atoms with Gasteiger partial charge in [0.15, 0.2) is 0 Å². The summed E-state index contributed by atoms with van der Waals surface area (Å²) in [5.74, 6) is 0. The van der Waals surface area contributed by atoms with Crippen LogP contribution in [-0.2, 0) is 16.6 Å². The summed E-state index contributed by atoms with van der Waals surface area (Å²) in [4.78, 5) is 12.5. The minimum Gasteiger partial charge on any atom is -0.310 e. The van der Waals surface area contributed by atoms with Crippen LogP contribution < -0.4 is 5.56 Å². The summed E-state index contributed by atoms with van der Waals surface area (Å²) in [7, 11) is -3.69. The van der Waals surface area contributed by atoms with E-state index in [1.807, 2.05) is 31.2 Å². The van der Waals surface area contributed by atoms with Crippen molar-refractivity contribution >= 4 is 10.0 Å². The number of hydrogen-bond acceptors (Lipinski definition) is 3. The molecule has 0 unspecified atom stereocenters. The van der Waals surface area contributed by atoms with Gasteiger partial charge < -0.3 is 4.57 Å². The lowest BCUT2D eigenvalue weighted by Crippen LogP contribution is -2.34. The summed E-state index contributed by atoms with van der Waals surface area (Å²) >= 11 is 0. The number of benzene rings is 1. The molecular weight excluding hydrogens is 312 g/mol. The van der Waals surface area contributed by atoms with Crippen LogP contribution in [0, 0.1) is 6.92 Å². The van der Waals surface area contributed by atoms with Crippen molar-refractivity contribution in [2.45, 2.75) is 31.2 Å². The average Bonchev–Trinajstić information content (AvgIpc) is 3.06. The Hall–Kier alpha value is -1.92. The molecule has 2 aromatic rings. The second-order valence-corrected chi connectivity index (χ2v) is 7.81. The summed E-state index contributed by atoms with van der Waals surface area (Å²) in [6.45, 7) is 3.35. The molecule has 1 fully saturated rings. The summed E-state index contributed by atoms with van der Waals surface area (Å²) in [6, 6.07) is 10.9. The van der Waals surface area contributed by atoms with Gasteiger partial charge in [-0.15, -0.1) is 0 Å². The van der Waals surface area contributed by atoms with Crippen LogP contribution in [0.1, 0.15) is 24.0 Å². The zero-order valence-electron chi connectivity index (χ0n) is 13.1. The number of nitrogens with zero attached hydrogens (tertiary/aromatic N) is 2. The Morgan fingerprint density at radius 2 is 1.70 bits per heavy atom. The Morgan fingerprint density at radius 3 is 2.35 bits per heavy atom. The van der Waals surface area contributed by atoms with Crippen molar-refractivity contribution in [1.29, 1.82) is 0 Å². The molecule has 23 heavy (non-hydrogen) atoms. The van der Waals surface area contributed by atoms with E-state index in [4.69, 9.17) is 0 Å². The highest BCUT2D eigenvalue weighted by molar-refractivity contribution is 7.89. The first-order chi connectivity index (χ1) is 11.0. The zero-order chi connectivity index (χ0) is 16.4. The molecule has 0 amide bonds. The van der Waals surface area contributed by atoms with Crippen LogP contribution in [0.3, 0.4) is 0 Å². The Bertz CT molecular complexity index is 848. The molecule has 0 atom stereocenters. The molecule has 122 valence electrons. The van der Waals surface area contributed by atoms with Gasteiger partial charge in [-0.3, -0.25) is 4.79 Å². The number of pyridine rings is 1. The maximum atomic E-state index is 12.6. The molecule has 1 aromatic heterocycles. The van der Waals surface area contributed by atoms with Crippen molar-refractivity contribution < 1.29 is 8.42 Å². The van der Waals surface area contributed by atoms with E-state index in [1.54, 1.807) is 12.3 Å². The van der Waals surface area contributed by atoms with E-state index >= 15 is 0 Å². The number of aryl methyl sites for hydroxylation is 1. The van der Waals surface area contributed by atoms with Gasteiger partial charge in [-0.1, -0.05) is 29.8 Å². The van der Waals surface area contributed by atoms with Gasteiger partial charge in [-0.05, 0) is 37.5 Å². The average molecular weight is 332 g/mol. The summed E-state index contributed by atoms with van der Waals surface area (Å²) in [5, 5.41) is 0. The maximum Gasteiger partial charge on any atom is 0.271 e. The topological polar surface area (TPSA) is 59.4 Å². The lowest BCUT2D eigenvalue weighted by Gasteiger charge is -2.16. The van der Waals surface area contributed by atoms with Crippen LogP contribution in [0.5, 0.6) is 0 Å². The van der Waals surface area contributed by atoms with E-state index in [2.05, 4.69) is 0 Å². The van der Waals surface area contributed by atoms with Crippen molar-refractivity contribution in [2.75, 3.05) is 13.1 Å². The maximum absolute atomic E-state index is 12.6. The number of sulfonamides is 1. The summed E-state index contributed by atoms with van der Waals surface area (Å²) in [5.41, 5.74) is 1.65. The fraction of sp³-hybridized carbons (Fsp3) is 0.353. The van der Waals surface area contributed by atoms with Gasteiger partial charge in [-0.25, -0.2) is 8.42 Å². The molecule has 3 rings (SSSR count). The summed E-state index contributed by atoms with van der Waals surface area (Å²) < 4.78 is 28.1. The van der Waals surface area contributed by atoms with E-state index < -0.39 is 15.6 Å². The second-order valence-electron chi connectivity index (χ2n) is 5.90. The monoisotopic (exact) mass is 332 g/mol. The number of aromatic nitrogens is 1. The first-order valence-corrected chi connectivity index (χ1v) is 9.17. The first-order valence-electron chi connectivity index (χ1n) is 7.73. The molecule has 0 spiro atoms. The van der Waals surface area contributed by atoms with Gasteiger partial charge in [0.1, 0.15) is 4.90 Å². The molecule has 1 aliphatic heterocycles. The van der Waals surface area contributed by atoms with Crippen LogP contribution in [0.2, 0.25) is 0 Å². The third-order valence-electron chi connectivity index (χ3n) is 4.14. The Labute approximate surface area is 136 Å². The van der Waals surface area contributed by atoms with Crippen molar-refractivity contribution in [2.24, 2.45) is 0 Å². The molecular formula is C17H20N2O3S. The molecule has 0 saturated carbocycles. The second kappa shape index (κ2) is 6.29. The zero-order valence-corrected chi connectivity index (χ0v) is 13.9. The molecule has 1 aliphatic rings. The molecule has 6 heteroatoms. The van der Waals surface area contributed by atoms with Gasteiger partial charge >= 0.3 is 0 Å². The number of hydrogen-bond donors (Lipinski definition) is 0. The molecule has 1 saturated heterocycles. The normalized spacial score (nSPS) is 15.9. The SMILES string of the molecule is Cc1ccc(Cn2cccc(S(=O)(=O)N3CCCC3)c2=O)cc1. The third-order valence-corrected chi connectivity index (χ3v) is 6.05. The molecule has 2 heterocycles. The van der Waals surface area contributed by atoms with E-state index in [1.165, 1.54) is 14.9 Å². The Morgan fingerprint density at radius 1 is 1.04 bits per heavy atom. The highest BCUT2D eigenvalue weighted by Gasteiger charge is 2.29. The fourth-order valence-electron chi connectivity index (χ4n) is 2.79. The smallest absolute Gasteiger partial charge is 0.271 e. The minimum absolute atomic E-state index is 0.131. The van der Waals surface area contributed by atoms with E-state index in [-0.39, 0.29) is 4.90 Å². The van der Waals surface area contributed by atoms with E-state index in [0.717, 1.165) is 24.0 Å². The van der Waals surface area contributed by atoms with Crippen LogP contribution in [0.4, 0.5) is 0 Å².